The summed E-state index contributed by atoms with van der Waals surface area (Å²) in [5, 5.41) is 4.72. The van der Waals surface area contributed by atoms with Crippen LogP contribution >= 0.6 is 11.3 Å². The van der Waals surface area contributed by atoms with Crippen LogP contribution in [0.4, 0.5) is 0 Å². The molecule has 0 aliphatic rings. The zero-order chi connectivity index (χ0) is 11.3. The first-order valence-electron chi connectivity index (χ1n) is 5.81. The second-order valence-electron chi connectivity index (χ2n) is 4.04. The van der Waals surface area contributed by atoms with Crippen molar-refractivity contribution in [3.05, 3.63) is 15.6 Å². The summed E-state index contributed by atoms with van der Waals surface area (Å²) in [6.07, 6.45) is 2.35. The van der Waals surface area contributed by atoms with Gasteiger partial charge in [-0.1, -0.05) is 20.3 Å². The van der Waals surface area contributed by atoms with E-state index in [-0.39, 0.29) is 0 Å². The molecule has 1 aromatic rings. The third kappa shape index (κ3) is 3.92. The quantitative estimate of drug-likeness (QED) is 0.806. The van der Waals surface area contributed by atoms with Gasteiger partial charge in [0, 0.05) is 11.3 Å². The van der Waals surface area contributed by atoms with Crippen LogP contribution in [0.25, 0.3) is 0 Å². The van der Waals surface area contributed by atoms with E-state index in [0.717, 1.165) is 25.4 Å². The van der Waals surface area contributed by atoms with E-state index in [1.807, 2.05) is 11.3 Å². The predicted molar refractivity (Wildman–Crippen MR) is 67.6 cm³/mol. The first kappa shape index (κ1) is 12.7. The molecule has 86 valence electrons. The molecule has 0 bridgehead atoms. The van der Waals surface area contributed by atoms with E-state index in [0.29, 0.717) is 0 Å². The summed E-state index contributed by atoms with van der Waals surface area (Å²) in [6.45, 7) is 10.8. The molecular formula is C12H22N2S. The van der Waals surface area contributed by atoms with Crippen LogP contribution in [0.15, 0.2) is 0 Å². The Kier molecular flexibility index (Phi) is 5.26. The highest BCUT2D eigenvalue weighted by molar-refractivity contribution is 7.11. The zero-order valence-corrected chi connectivity index (χ0v) is 11.1. The van der Waals surface area contributed by atoms with Crippen LogP contribution in [0.3, 0.4) is 0 Å². The van der Waals surface area contributed by atoms with Gasteiger partial charge >= 0.3 is 0 Å². The number of aryl methyl sites for hydroxylation is 2. The molecule has 0 aliphatic heterocycles. The van der Waals surface area contributed by atoms with Gasteiger partial charge < -0.3 is 5.32 Å². The molecule has 0 spiro atoms. The summed E-state index contributed by atoms with van der Waals surface area (Å²) in [6, 6.07) is 0. The highest BCUT2D eigenvalue weighted by atomic mass is 32.1. The SMILES string of the molecule is CCNCC(CC)Cc1nc(C)c(C)s1. The Bertz CT molecular complexity index is 274. The summed E-state index contributed by atoms with van der Waals surface area (Å²) in [7, 11) is 0. The minimum Gasteiger partial charge on any atom is -0.317 e. The van der Waals surface area contributed by atoms with Crippen LogP contribution < -0.4 is 5.32 Å². The molecule has 2 nitrogen and oxygen atoms in total. The van der Waals surface area contributed by atoms with Gasteiger partial charge in [0.1, 0.15) is 0 Å². The van der Waals surface area contributed by atoms with E-state index < -0.39 is 0 Å². The van der Waals surface area contributed by atoms with Crippen LogP contribution in [-0.4, -0.2) is 18.1 Å². The standard InChI is InChI=1S/C12H22N2S/c1-5-11(8-13-6-2)7-12-14-9(3)10(4)15-12/h11,13H,5-8H2,1-4H3. The van der Waals surface area contributed by atoms with Crippen molar-refractivity contribution in [2.75, 3.05) is 13.1 Å². The summed E-state index contributed by atoms with van der Waals surface area (Å²) >= 11 is 1.85. The molecule has 1 heterocycles. The maximum atomic E-state index is 4.60. The number of hydrogen-bond donors (Lipinski definition) is 1. The number of rotatable bonds is 6. The molecule has 0 amide bonds. The average molecular weight is 226 g/mol. The number of hydrogen-bond acceptors (Lipinski definition) is 3. The van der Waals surface area contributed by atoms with Crippen molar-refractivity contribution in [3.63, 3.8) is 0 Å². The van der Waals surface area contributed by atoms with Crippen LogP contribution in [-0.2, 0) is 6.42 Å². The van der Waals surface area contributed by atoms with Gasteiger partial charge in [0.05, 0.1) is 10.7 Å². The Hall–Kier alpha value is -0.410. The molecule has 0 aliphatic carbocycles. The monoisotopic (exact) mass is 226 g/mol. The minimum atomic E-state index is 0.731. The maximum absolute atomic E-state index is 4.60. The Balaban J connectivity index is 2.50. The van der Waals surface area contributed by atoms with Gasteiger partial charge in [-0.2, -0.15) is 0 Å². The van der Waals surface area contributed by atoms with Crippen LogP contribution in [0.2, 0.25) is 0 Å². The smallest absolute Gasteiger partial charge is 0.0934 e. The predicted octanol–water partition coefficient (Wildman–Crippen LogP) is 2.94. The molecular weight excluding hydrogens is 204 g/mol. The third-order valence-electron chi connectivity index (χ3n) is 2.80. The highest BCUT2D eigenvalue weighted by Crippen LogP contribution is 2.20. The third-order valence-corrected chi connectivity index (χ3v) is 3.89. The molecule has 1 aromatic heterocycles. The lowest BCUT2D eigenvalue weighted by atomic mass is 10.0. The van der Waals surface area contributed by atoms with Gasteiger partial charge in [0.15, 0.2) is 0 Å². The summed E-state index contributed by atoms with van der Waals surface area (Å²) in [5.41, 5.74) is 1.20. The topological polar surface area (TPSA) is 24.9 Å². The second kappa shape index (κ2) is 6.23. The largest absolute Gasteiger partial charge is 0.317 e. The van der Waals surface area contributed by atoms with Crippen molar-refractivity contribution in [2.45, 2.75) is 40.5 Å². The molecule has 1 N–H and O–H groups in total. The van der Waals surface area contributed by atoms with E-state index in [4.69, 9.17) is 0 Å². The van der Waals surface area contributed by atoms with Crippen molar-refractivity contribution in [2.24, 2.45) is 5.92 Å². The maximum Gasteiger partial charge on any atom is 0.0934 e. The molecule has 0 saturated carbocycles. The van der Waals surface area contributed by atoms with E-state index in [1.165, 1.54) is 22.0 Å². The van der Waals surface area contributed by atoms with Crippen molar-refractivity contribution < 1.29 is 0 Å². The lowest BCUT2D eigenvalue weighted by molar-refractivity contribution is 0.466. The fourth-order valence-electron chi connectivity index (χ4n) is 1.58. The molecule has 0 aromatic carbocycles. The normalized spacial score (nSPS) is 13.1. The molecule has 0 saturated heterocycles. The molecule has 1 rings (SSSR count). The van der Waals surface area contributed by atoms with Crippen LogP contribution in [0.1, 0.15) is 35.8 Å². The molecule has 15 heavy (non-hydrogen) atoms. The fourth-order valence-corrected chi connectivity index (χ4v) is 2.63. The van der Waals surface area contributed by atoms with Gasteiger partial charge in [0.25, 0.3) is 0 Å². The van der Waals surface area contributed by atoms with Gasteiger partial charge in [-0.15, -0.1) is 11.3 Å². The summed E-state index contributed by atoms with van der Waals surface area (Å²) < 4.78 is 0. The highest BCUT2D eigenvalue weighted by Gasteiger charge is 2.10. The Morgan fingerprint density at radius 3 is 2.53 bits per heavy atom. The van der Waals surface area contributed by atoms with Crippen LogP contribution in [0, 0.1) is 19.8 Å². The minimum absolute atomic E-state index is 0.731. The molecule has 0 radical (unpaired) electrons. The summed E-state index contributed by atoms with van der Waals surface area (Å²) in [5.74, 6) is 0.731. The number of nitrogens with one attached hydrogen (secondary N) is 1. The van der Waals surface area contributed by atoms with E-state index in [2.05, 4.69) is 38.0 Å². The van der Waals surface area contributed by atoms with Crippen molar-refractivity contribution in [3.8, 4) is 0 Å². The Morgan fingerprint density at radius 2 is 2.07 bits per heavy atom. The number of aromatic nitrogens is 1. The van der Waals surface area contributed by atoms with E-state index in [9.17, 15) is 0 Å². The van der Waals surface area contributed by atoms with Gasteiger partial charge in [-0.25, -0.2) is 4.98 Å². The molecule has 1 unspecified atom stereocenters. The van der Waals surface area contributed by atoms with E-state index >= 15 is 0 Å². The number of thiazole rings is 1. The van der Waals surface area contributed by atoms with Crippen molar-refractivity contribution >= 4 is 11.3 Å². The van der Waals surface area contributed by atoms with Crippen LogP contribution in [0.5, 0.6) is 0 Å². The molecule has 0 fully saturated rings. The second-order valence-corrected chi connectivity index (χ2v) is 5.32. The molecule has 1 atom stereocenters. The van der Waals surface area contributed by atoms with E-state index in [1.54, 1.807) is 0 Å². The molecule has 3 heteroatoms. The zero-order valence-electron chi connectivity index (χ0n) is 10.3. The van der Waals surface area contributed by atoms with Crippen molar-refractivity contribution in [1.82, 2.24) is 10.3 Å². The Morgan fingerprint density at radius 1 is 1.33 bits per heavy atom. The number of nitrogens with zero attached hydrogens (tertiary/aromatic N) is 1. The van der Waals surface area contributed by atoms with Crippen molar-refractivity contribution in [1.29, 1.82) is 0 Å². The van der Waals surface area contributed by atoms with Gasteiger partial charge in [-0.3, -0.25) is 0 Å². The lowest BCUT2D eigenvalue weighted by Crippen LogP contribution is -2.23. The van der Waals surface area contributed by atoms with Gasteiger partial charge in [-0.05, 0) is 32.9 Å². The lowest BCUT2D eigenvalue weighted by Gasteiger charge is -2.13. The first-order valence-corrected chi connectivity index (χ1v) is 6.62. The average Bonchev–Trinajstić information content (AvgIpc) is 2.53. The van der Waals surface area contributed by atoms with Gasteiger partial charge in [0.2, 0.25) is 0 Å². The first-order chi connectivity index (χ1) is 7.17. The summed E-state index contributed by atoms with van der Waals surface area (Å²) in [4.78, 5) is 5.96. The Labute approximate surface area is 97.1 Å². The fraction of sp³-hybridized carbons (Fsp3) is 0.750.